The average Bonchev–Trinajstić information content (AvgIpc) is 2.68. The lowest BCUT2D eigenvalue weighted by atomic mass is 9.89. The van der Waals surface area contributed by atoms with E-state index in [1.807, 2.05) is 6.92 Å². The van der Waals surface area contributed by atoms with Gasteiger partial charge in [-0.05, 0) is 25.8 Å². The maximum Gasteiger partial charge on any atom is 0.268 e. The van der Waals surface area contributed by atoms with Crippen molar-refractivity contribution in [2.45, 2.75) is 36.8 Å². The predicted octanol–water partition coefficient (Wildman–Crippen LogP) is 1.25. The Morgan fingerprint density at radius 2 is 2.20 bits per heavy atom. The third kappa shape index (κ3) is 3.34. The van der Waals surface area contributed by atoms with Crippen LogP contribution in [0.3, 0.4) is 0 Å². The first-order valence-corrected chi connectivity index (χ1v) is 8.65. The molecule has 20 heavy (non-hydrogen) atoms. The SMILES string of the molecule is CCOC1CC(NC(=O)c2cc(S(=O)(=O)Cl)cn2C)C1. The minimum absolute atomic E-state index is 0.0741. The van der Waals surface area contributed by atoms with E-state index in [1.165, 1.54) is 16.8 Å². The lowest BCUT2D eigenvalue weighted by Gasteiger charge is -2.35. The summed E-state index contributed by atoms with van der Waals surface area (Å²) in [6, 6.07) is 1.35. The largest absolute Gasteiger partial charge is 0.378 e. The molecule has 0 bridgehead atoms. The van der Waals surface area contributed by atoms with Crippen molar-refractivity contribution in [3.8, 4) is 0 Å². The molecule has 1 amide bonds. The van der Waals surface area contributed by atoms with Gasteiger partial charge in [0.05, 0.1) is 6.10 Å². The van der Waals surface area contributed by atoms with E-state index in [2.05, 4.69) is 5.32 Å². The average molecular weight is 321 g/mol. The number of amides is 1. The Bertz CT molecular complexity index is 605. The second kappa shape index (κ2) is 5.75. The van der Waals surface area contributed by atoms with Crippen LogP contribution in [0.4, 0.5) is 0 Å². The van der Waals surface area contributed by atoms with Crippen LogP contribution in [-0.4, -0.2) is 37.6 Å². The Balaban J connectivity index is 1.99. The van der Waals surface area contributed by atoms with Crippen LogP contribution in [0.5, 0.6) is 0 Å². The molecule has 0 radical (unpaired) electrons. The zero-order valence-corrected chi connectivity index (χ0v) is 12.9. The molecular formula is C12H17ClN2O4S. The summed E-state index contributed by atoms with van der Waals surface area (Å²) in [6.07, 6.45) is 3.09. The Morgan fingerprint density at radius 1 is 1.55 bits per heavy atom. The first-order chi connectivity index (χ1) is 9.31. The summed E-state index contributed by atoms with van der Waals surface area (Å²) in [4.78, 5) is 12.0. The van der Waals surface area contributed by atoms with Crippen molar-refractivity contribution in [3.05, 3.63) is 18.0 Å². The lowest BCUT2D eigenvalue weighted by Crippen LogP contribution is -2.48. The molecule has 1 aliphatic rings. The quantitative estimate of drug-likeness (QED) is 0.828. The van der Waals surface area contributed by atoms with E-state index >= 15 is 0 Å². The Kier molecular flexibility index (Phi) is 4.41. The van der Waals surface area contributed by atoms with Gasteiger partial charge in [-0.1, -0.05) is 0 Å². The van der Waals surface area contributed by atoms with Crippen LogP contribution in [0.15, 0.2) is 17.2 Å². The molecule has 1 aliphatic carbocycles. The molecule has 0 unspecified atom stereocenters. The summed E-state index contributed by atoms with van der Waals surface area (Å²) in [5.41, 5.74) is 0.268. The Morgan fingerprint density at radius 3 is 2.70 bits per heavy atom. The van der Waals surface area contributed by atoms with Crippen LogP contribution >= 0.6 is 10.7 Å². The minimum Gasteiger partial charge on any atom is -0.378 e. The monoisotopic (exact) mass is 320 g/mol. The minimum atomic E-state index is -3.82. The van der Waals surface area contributed by atoms with Crippen molar-refractivity contribution in [2.24, 2.45) is 7.05 Å². The van der Waals surface area contributed by atoms with E-state index in [9.17, 15) is 13.2 Å². The fraction of sp³-hybridized carbons (Fsp3) is 0.583. The van der Waals surface area contributed by atoms with Gasteiger partial charge >= 0.3 is 0 Å². The van der Waals surface area contributed by atoms with Gasteiger partial charge in [-0.15, -0.1) is 0 Å². The highest BCUT2D eigenvalue weighted by atomic mass is 35.7. The normalized spacial score (nSPS) is 22.4. The van der Waals surface area contributed by atoms with Crippen LogP contribution in [0.2, 0.25) is 0 Å². The number of ether oxygens (including phenoxy) is 1. The number of carbonyl (C=O) groups is 1. The fourth-order valence-electron chi connectivity index (χ4n) is 2.21. The van der Waals surface area contributed by atoms with Gasteiger partial charge in [0.15, 0.2) is 0 Å². The van der Waals surface area contributed by atoms with Crippen LogP contribution in [0.25, 0.3) is 0 Å². The van der Waals surface area contributed by atoms with Gasteiger partial charge < -0.3 is 14.6 Å². The van der Waals surface area contributed by atoms with Gasteiger partial charge in [0.1, 0.15) is 10.6 Å². The molecule has 1 fully saturated rings. The lowest BCUT2D eigenvalue weighted by molar-refractivity contribution is -0.00869. The number of carbonyl (C=O) groups excluding carboxylic acids is 1. The molecule has 1 aromatic rings. The molecule has 1 heterocycles. The van der Waals surface area contributed by atoms with Crippen LogP contribution in [0.1, 0.15) is 30.3 Å². The standard InChI is InChI=1S/C12H17ClN2O4S/c1-3-19-9-4-8(5-9)14-12(16)11-6-10(7-15(11)2)20(13,17)18/h6-9H,3-5H2,1-2H3,(H,14,16). The van der Waals surface area contributed by atoms with Crippen LogP contribution in [-0.2, 0) is 20.8 Å². The molecule has 6 nitrogen and oxygen atoms in total. The molecule has 0 aromatic carbocycles. The summed E-state index contributed by atoms with van der Waals surface area (Å²) >= 11 is 0. The van der Waals surface area contributed by atoms with Crippen molar-refractivity contribution in [1.82, 2.24) is 9.88 Å². The van der Waals surface area contributed by atoms with Gasteiger partial charge in [0.2, 0.25) is 0 Å². The first kappa shape index (κ1) is 15.3. The summed E-state index contributed by atoms with van der Waals surface area (Å²) in [6.45, 7) is 2.60. The Hall–Kier alpha value is -1.05. The van der Waals surface area contributed by atoms with Crippen molar-refractivity contribution in [2.75, 3.05) is 6.61 Å². The van der Waals surface area contributed by atoms with Gasteiger partial charge in [-0.2, -0.15) is 0 Å². The summed E-state index contributed by atoms with van der Waals surface area (Å²) in [7, 11) is 3.04. The Labute approximate surface area is 122 Å². The van der Waals surface area contributed by atoms with Gasteiger partial charge in [0.25, 0.3) is 15.0 Å². The van der Waals surface area contributed by atoms with E-state index in [0.29, 0.717) is 6.61 Å². The highest BCUT2D eigenvalue weighted by molar-refractivity contribution is 8.13. The molecule has 1 N–H and O–H groups in total. The number of hydrogen-bond acceptors (Lipinski definition) is 4. The van der Waals surface area contributed by atoms with E-state index in [1.54, 1.807) is 7.05 Å². The topological polar surface area (TPSA) is 77.4 Å². The molecule has 0 spiro atoms. The molecule has 0 saturated heterocycles. The number of nitrogens with zero attached hydrogens (tertiary/aromatic N) is 1. The highest BCUT2D eigenvalue weighted by Crippen LogP contribution is 2.24. The van der Waals surface area contributed by atoms with Crippen molar-refractivity contribution in [3.63, 3.8) is 0 Å². The number of aromatic nitrogens is 1. The predicted molar refractivity (Wildman–Crippen MR) is 74.4 cm³/mol. The number of hydrogen-bond donors (Lipinski definition) is 1. The summed E-state index contributed by atoms with van der Waals surface area (Å²) in [5, 5.41) is 2.85. The second-order valence-electron chi connectivity index (χ2n) is 4.83. The smallest absolute Gasteiger partial charge is 0.268 e. The summed E-state index contributed by atoms with van der Waals surface area (Å²) < 4.78 is 29.3. The number of nitrogens with one attached hydrogen (secondary N) is 1. The van der Waals surface area contributed by atoms with Crippen molar-refractivity contribution < 1.29 is 17.9 Å². The van der Waals surface area contributed by atoms with Gasteiger partial charge in [-0.3, -0.25) is 4.79 Å². The van der Waals surface area contributed by atoms with Gasteiger partial charge in [-0.25, -0.2) is 8.42 Å². The number of aryl methyl sites for hydroxylation is 1. The van der Waals surface area contributed by atoms with E-state index in [0.717, 1.165) is 12.8 Å². The number of halogens is 1. The van der Waals surface area contributed by atoms with E-state index < -0.39 is 9.05 Å². The molecule has 8 heteroatoms. The van der Waals surface area contributed by atoms with Crippen molar-refractivity contribution >= 4 is 25.6 Å². The van der Waals surface area contributed by atoms with E-state index in [-0.39, 0.29) is 28.6 Å². The number of rotatable bonds is 5. The van der Waals surface area contributed by atoms with Crippen LogP contribution in [0, 0.1) is 0 Å². The highest BCUT2D eigenvalue weighted by Gasteiger charge is 2.31. The molecule has 112 valence electrons. The second-order valence-corrected chi connectivity index (χ2v) is 7.39. The molecule has 1 aromatic heterocycles. The molecule has 2 rings (SSSR count). The fourth-order valence-corrected chi connectivity index (χ4v) is 3.00. The molecule has 0 atom stereocenters. The van der Waals surface area contributed by atoms with Crippen LogP contribution < -0.4 is 5.32 Å². The first-order valence-electron chi connectivity index (χ1n) is 6.34. The maximum atomic E-state index is 12.1. The zero-order chi connectivity index (χ0) is 14.9. The third-order valence-corrected chi connectivity index (χ3v) is 4.65. The van der Waals surface area contributed by atoms with Crippen molar-refractivity contribution in [1.29, 1.82) is 0 Å². The zero-order valence-electron chi connectivity index (χ0n) is 11.3. The third-order valence-electron chi connectivity index (χ3n) is 3.33. The molecule has 1 saturated carbocycles. The van der Waals surface area contributed by atoms with E-state index in [4.69, 9.17) is 15.4 Å². The molecular weight excluding hydrogens is 304 g/mol. The van der Waals surface area contributed by atoms with Gasteiger partial charge in [0, 0.05) is 36.6 Å². The maximum absolute atomic E-state index is 12.1. The molecule has 0 aliphatic heterocycles. The summed E-state index contributed by atoms with van der Waals surface area (Å²) in [5.74, 6) is -0.306.